The Kier molecular flexibility index (Phi) is 5.17. The predicted octanol–water partition coefficient (Wildman–Crippen LogP) is 3.03. The Morgan fingerprint density at radius 1 is 1.12 bits per heavy atom. The lowest BCUT2D eigenvalue weighted by molar-refractivity contribution is -0.115. The molecule has 0 unspecified atom stereocenters. The summed E-state index contributed by atoms with van der Waals surface area (Å²) in [5.41, 5.74) is 1.78. The van der Waals surface area contributed by atoms with Crippen molar-refractivity contribution in [2.45, 2.75) is 41.4 Å². The third-order valence-corrected chi connectivity index (χ3v) is 6.75. The minimum atomic E-state index is -3.52. The standard InChI is InChI=1S/C18H20N2O3S2/c1-12(2)20-25(22,23)15-9-7-14(8-10-15)19-18(21)17-11-13-5-3-4-6-16(13)24-17/h3-10,12,17,20H,11H2,1-2H3,(H,19,21)/t17-/m1/s1. The Morgan fingerprint density at radius 3 is 2.44 bits per heavy atom. The van der Waals surface area contributed by atoms with Crippen LogP contribution in [-0.4, -0.2) is 25.6 Å². The molecule has 3 rings (SSSR count). The van der Waals surface area contributed by atoms with Crippen molar-refractivity contribution >= 4 is 33.4 Å². The van der Waals surface area contributed by atoms with Crippen molar-refractivity contribution in [1.82, 2.24) is 4.72 Å². The molecule has 2 aromatic rings. The molecule has 1 amide bonds. The van der Waals surface area contributed by atoms with E-state index in [0.29, 0.717) is 12.1 Å². The van der Waals surface area contributed by atoms with Gasteiger partial charge in [0.25, 0.3) is 0 Å². The molecule has 0 bridgehead atoms. The first-order valence-electron chi connectivity index (χ1n) is 8.03. The van der Waals surface area contributed by atoms with E-state index < -0.39 is 10.0 Å². The van der Waals surface area contributed by atoms with E-state index in [1.165, 1.54) is 17.7 Å². The largest absolute Gasteiger partial charge is 0.325 e. The van der Waals surface area contributed by atoms with Crippen molar-refractivity contribution in [3.05, 3.63) is 54.1 Å². The topological polar surface area (TPSA) is 75.3 Å². The van der Waals surface area contributed by atoms with Gasteiger partial charge < -0.3 is 5.32 Å². The molecule has 0 spiro atoms. The van der Waals surface area contributed by atoms with Crippen molar-refractivity contribution in [2.24, 2.45) is 0 Å². The molecule has 7 heteroatoms. The molecule has 1 aliphatic heterocycles. The molecule has 1 aliphatic rings. The minimum absolute atomic E-state index is 0.0721. The third-order valence-electron chi connectivity index (χ3n) is 3.76. The van der Waals surface area contributed by atoms with Crippen LogP contribution in [0.3, 0.4) is 0 Å². The average molecular weight is 377 g/mol. The molecule has 1 atom stereocenters. The van der Waals surface area contributed by atoms with Crippen LogP contribution < -0.4 is 10.0 Å². The number of amides is 1. The zero-order chi connectivity index (χ0) is 18.0. The highest BCUT2D eigenvalue weighted by molar-refractivity contribution is 8.01. The van der Waals surface area contributed by atoms with E-state index >= 15 is 0 Å². The van der Waals surface area contributed by atoms with Gasteiger partial charge in [-0.25, -0.2) is 13.1 Å². The van der Waals surface area contributed by atoms with Gasteiger partial charge in [-0.3, -0.25) is 4.79 Å². The summed E-state index contributed by atoms with van der Waals surface area (Å²) in [7, 11) is -3.52. The van der Waals surface area contributed by atoms with E-state index in [4.69, 9.17) is 0 Å². The first kappa shape index (κ1) is 18.0. The lowest BCUT2D eigenvalue weighted by atomic mass is 10.1. The van der Waals surface area contributed by atoms with Gasteiger partial charge in [0.15, 0.2) is 0 Å². The van der Waals surface area contributed by atoms with Crippen molar-refractivity contribution in [1.29, 1.82) is 0 Å². The summed E-state index contributed by atoms with van der Waals surface area (Å²) in [4.78, 5) is 13.8. The van der Waals surface area contributed by atoms with Crippen LogP contribution in [0, 0.1) is 0 Å². The summed E-state index contributed by atoms with van der Waals surface area (Å²) in [6.07, 6.45) is 0.706. The van der Waals surface area contributed by atoms with Gasteiger partial charge in [-0.1, -0.05) is 18.2 Å². The Labute approximate surface area is 152 Å². The molecule has 0 radical (unpaired) electrons. The molecule has 132 valence electrons. The van der Waals surface area contributed by atoms with Gasteiger partial charge in [0, 0.05) is 16.6 Å². The molecule has 2 N–H and O–H groups in total. The number of sulfonamides is 1. The fourth-order valence-electron chi connectivity index (χ4n) is 2.65. The van der Waals surface area contributed by atoms with E-state index in [1.807, 2.05) is 24.3 Å². The first-order chi connectivity index (χ1) is 11.8. The summed E-state index contributed by atoms with van der Waals surface area (Å²) >= 11 is 1.56. The number of carbonyl (C=O) groups is 1. The van der Waals surface area contributed by atoms with Gasteiger partial charge in [0.1, 0.15) is 0 Å². The monoisotopic (exact) mass is 376 g/mol. The second kappa shape index (κ2) is 7.19. The normalized spacial score (nSPS) is 16.7. The van der Waals surface area contributed by atoms with E-state index in [9.17, 15) is 13.2 Å². The number of anilines is 1. The molecule has 2 aromatic carbocycles. The Bertz CT molecular complexity index is 852. The number of fused-ring (bicyclic) bond motifs is 1. The maximum atomic E-state index is 12.4. The van der Waals surface area contributed by atoms with Gasteiger partial charge >= 0.3 is 0 Å². The zero-order valence-electron chi connectivity index (χ0n) is 14.0. The smallest absolute Gasteiger partial charge is 0.240 e. The fraction of sp³-hybridized carbons (Fsp3) is 0.278. The van der Waals surface area contributed by atoms with Crippen LogP contribution in [0.15, 0.2) is 58.3 Å². The van der Waals surface area contributed by atoms with Crippen LogP contribution in [-0.2, 0) is 21.2 Å². The van der Waals surface area contributed by atoms with Gasteiger partial charge in [-0.2, -0.15) is 0 Å². The molecule has 25 heavy (non-hydrogen) atoms. The molecular formula is C18H20N2O3S2. The maximum Gasteiger partial charge on any atom is 0.240 e. The van der Waals surface area contributed by atoms with Crippen LogP contribution >= 0.6 is 11.8 Å². The fourth-order valence-corrected chi connectivity index (χ4v) is 5.09. The molecule has 0 aromatic heterocycles. The quantitative estimate of drug-likeness (QED) is 0.841. The second-order valence-corrected chi connectivity index (χ2v) is 9.17. The number of nitrogens with one attached hydrogen (secondary N) is 2. The molecule has 5 nitrogen and oxygen atoms in total. The van der Waals surface area contributed by atoms with Crippen LogP contribution in [0.1, 0.15) is 19.4 Å². The molecule has 0 aliphatic carbocycles. The highest BCUT2D eigenvalue weighted by Crippen LogP contribution is 2.37. The van der Waals surface area contributed by atoms with E-state index in [2.05, 4.69) is 10.0 Å². The zero-order valence-corrected chi connectivity index (χ0v) is 15.7. The van der Waals surface area contributed by atoms with Crippen LogP contribution in [0.2, 0.25) is 0 Å². The summed E-state index contributed by atoms with van der Waals surface area (Å²) in [6.45, 7) is 3.53. The Hall–Kier alpha value is -1.83. The summed E-state index contributed by atoms with van der Waals surface area (Å²) in [6, 6.07) is 14.0. The van der Waals surface area contributed by atoms with Crippen LogP contribution in [0.5, 0.6) is 0 Å². The summed E-state index contributed by atoms with van der Waals surface area (Å²) < 4.78 is 26.8. The van der Waals surface area contributed by atoms with Gasteiger partial charge in [-0.15, -0.1) is 11.8 Å². The van der Waals surface area contributed by atoms with Crippen molar-refractivity contribution in [3.63, 3.8) is 0 Å². The van der Waals surface area contributed by atoms with Crippen molar-refractivity contribution in [3.8, 4) is 0 Å². The molecule has 0 fully saturated rings. The highest BCUT2D eigenvalue weighted by Gasteiger charge is 2.28. The lowest BCUT2D eigenvalue weighted by Crippen LogP contribution is -2.30. The Balaban J connectivity index is 1.65. The Morgan fingerprint density at radius 2 is 1.80 bits per heavy atom. The van der Waals surface area contributed by atoms with Gasteiger partial charge in [0.05, 0.1) is 10.1 Å². The second-order valence-electron chi connectivity index (χ2n) is 6.21. The number of carbonyl (C=O) groups excluding carboxylic acids is 1. The molecule has 1 heterocycles. The van der Waals surface area contributed by atoms with Crippen LogP contribution in [0.4, 0.5) is 5.69 Å². The first-order valence-corrected chi connectivity index (χ1v) is 10.4. The van der Waals surface area contributed by atoms with Crippen molar-refractivity contribution < 1.29 is 13.2 Å². The molecule has 0 saturated heterocycles. The molecule has 0 saturated carbocycles. The number of thioether (sulfide) groups is 1. The lowest BCUT2D eigenvalue weighted by Gasteiger charge is -2.12. The van der Waals surface area contributed by atoms with E-state index in [0.717, 1.165) is 4.90 Å². The number of hydrogen-bond acceptors (Lipinski definition) is 4. The minimum Gasteiger partial charge on any atom is -0.325 e. The number of rotatable bonds is 5. The van der Waals surface area contributed by atoms with E-state index in [1.54, 1.807) is 37.7 Å². The number of hydrogen-bond donors (Lipinski definition) is 2. The summed E-state index contributed by atoms with van der Waals surface area (Å²) in [5.74, 6) is -0.0721. The molecular weight excluding hydrogens is 356 g/mol. The van der Waals surface area contributed by atoms with Crippen LogP contribution in [0.25, 0.3) is 0 Å². The van der Waals surface area contributed by atoms with Gasteiger partial charge in [-0.05, 0) is 56.2 Å². The third kappa shape index (κ3) is 4.23. The number of benzene rings is 2. The SMILES string of the molecule is CC(C)NS(=O)(=O)c1ccc(NC(=O)[C@H]2Cc3ccccc3S2)cc1. The predicted molar refractivity (Wildman–Crippen MR) is 100 cm³/mol. The average Bonchev–Trinajstić information content (AvgIpc) is 2.98. The van der Waals surface area contributed by atoms with E-state index in [-0.39, 0.29) is 22.1 Å². The van der Waals surface area contributed by atoms with Gasteiger partial charge in [0.2, 0.25) is 15.9 Å². The highest BCUT2D eigenvalue weighted by atomic mass is 32.2. The summed E-state index contributed by atoms with van der Waals surface area (Å²) in [5, 5.41) is 2.70. The van der Waals surface area contributed by atoms with Crippen molar-refractivity contribution in [2.75, 3.05) is 5.32 Å². The maximum absolute atomic E-state index is 12.4.